The summed E-state index contributed by atoms with van der Waals surface area (Å²) in [6, 6.07) is 1.93. The number of ether oxygens (including phenoxy) is 1. The third-order valence-corrected chi connectivity index (χ3v) is 20.3. The molecule has 0 aliphatic carbocycles. The Morgan fingerprint density at radius 1 is 0.750 bits per heavy atom. The summed E-state index contributed by atoms with van der Waals surface area (Å²) in [5, 5.41) is 0. The molecule has 0 aliphatic heterocycles. The van der Waals surface area contributed by atoms with Gasteiger partial charge in [0.15, 0.2) is 0 Å². The maximum atomic E-state index is 13.2. The summed E-state index contributed by atoms with van der Waals surface area (Å²) < 4.78 is 19.4. The zero-order valence-electron chi connectivity index (χ0n) is 25.4. The van der Waals surface area contributed by atoms with Gasteiger partial charge in [-0.2, -0.15) is 0 Å². The van der Waals surface area contributed by atoms with Crippen LogP contribution in [0.4, 0.5) is 0 Å². The molecule has 0 aromatic heterocycles. The van der Waals surface area contributed by atoms with Crippen LogP contribution in [-0.4, -0.2) is 36.0 Å². The molecule has 36 heavy (non-hydrogen) atoms. The van der Waals surface area contributed by atoms with Gasteiger partial charge in [0.1, 0.15) is 23.3 Å². The first-order chi connectivity index (χ1) is 16.6. The highest BCUT2D eigenvalue weighted by Gasteiger charge is 2.49. The molecule has 0 atom stereocenters. The molecule has 0 unspecified atom stereocenters. The molecule has 0 bridgehead atoms. The van der Waals surface area contributed by atoms with E-state index in [0.29, 0.717) is 50.1 Å². The van der Waals surface area contributed by atoms with E-state index in [9.17, 15) is 9.59 Å². The summed E-state index contributed by atoms with van der Waals surface area (Å²) in [7, 11) is -3.33. The lowest BCUT2D eigenvalue weighted by molar-refractivity contribution is -0.107. The Morgan fingerprint density at radius 2 is 1.11 bits per heavy atom. The molecule has 0 saturated carbocycles. The summed E-state index contributed by atoms with van der Waals surface area (Å²) in [5.74, 6) is 0.758. The lowest BCUT2D eigenvalue weighted by Crippen LogP contribution is -2.51. The average molecular weight is 537 g/mol. The van der Waals surface area contributed by atoms with E-state index < -0.39 is 22.6 Å². The predicted octanol–water partition coefficient (Wildman–Crippen LogP) is 8.63. The number of aldehydes is 1. The third kappa shape index (κ3) is 5.93. The fourth-order valence-corrected chi connectivity index (χ4v) is 17.3. The first-order valence-electron chi connectivity index (χ1n) is 13.6. The SMILES string of the molecule is COC(=O)c1c(O[Si](C(C)C)(C(C)C)C(C)C)cc(O[Si](C(C)C)(C(C)C)C(C)C)c(C)c1CC=O. The van der Waals surface area contributed by atoms with Crippen molar-refractivity contribution in [1.82, 2.24) is 0 Å². The first-order valence-corrected chi connectivity index (χ1v) is 17.9. The van der Waals surface area contributed by atoms with Gasteiger partial charge in [0.2, 0.25) is 0 Å². The van der Waals surface area contributed by atoms with Crippen LogP contribution in [0.25, 0.3) is 0 Å². The van der Waals surface area contributed by atoms with Crippen molar-refractivity contribution in [3.8, 4) is 11.5 Å². The summed E-state index contributed by atoms with van der Waals surface area (Å²) in [6.45, 7) is 28.8. The monoisotopic (exact) mass is 536 g/mol. The quantitative estimate of drug-likeness (QED) is 0.143. The van der Waals surface area contributed by atoms with Gasteiger partial charge < -0.3 is 18.4 Å². The van der Waals surface area contributed by atoms with Crippen LogP contribution in [0.2, 0.25) is 33.2 Å². The van der Waals surface area contributed by atoms with E-state index in [-0.39, 0.29) is 6.42 Å². The van der Waals surface area contributed by atoms with Gasteiger partial charge >= 0.3 is 5.97 Å². The van der Waals surface area contributed by atoms with Crippen molar-refractivity contribution in [2.75, 3.05) is 7.11 Å². The number of hydrogen-bond acceptors (Lipinski definition) is 5. The number of rotatable bonds is 13. The van der Waals surface area contributed by atoms with Crippen LogP contribution in [0.15, 0.2) is 6.07 Å². The Bertz CT molecular complexity index is 860. The number of carbonyl (C=O) groups excluding carboxylic acids is 2. The van der Waals surface area contributed by atoms with E-state index in [0.717, 1.165) is 17.6 Å². The Kier molecular flexibility index (Phi) is 11.5. The van der Waals surface area contributed by atoms with Crippen molar-refractivity contribution in [2.45, 2.75) is 130 Å². The van der Waals surface area contributed by atoms with Crippen molar-refractivity contribution in [3.63, 3.8) is 0 Å². The minimum atomic E-state index is -2.41. The highest BCUT2D eigenvalue weighted by molar-refractivity contribution is 6.79. The van der Waals surface area contributed by atoms with Crippen molar-refractivity contribution < 1.29 is 23.2 Å². The van der Waals surface area contributed by atoms with Gasteiger partial charge in [-0.1, -0.05) is 83.1 Å². The van der Waals surface area contributed by atoms with Crippen LogP contribution >= 0.6 is 0 Å². The molecule has 0 aliphatic rings. The fraction of sp³-hybridized carbons (Fsp3) is 0.724. The second-order valence-corrected chi connectivity index (χ2v) is 22.8. The topological polar surface area (TPSA) is 61.8 Å². The smallest absolute Gasteiger partial charge is 0.341 e. The molecule has 0 heterocycles. The highest BCUT2D eigenvalue weighted by atomic mass is 28.4. The van der Waals surface area contributed by atoms with Crippen LogP contribution in [0, 0.1) is 6.92 Å². The van der Waals surface area contributed by atoms with E-state index in [1.54, 1.807) is 0 Å². The first kappa shape index (κ1) is 32.4. The predicted molar refractivity (Wildman–Crippen MR) is 156 cm³/mol. The van der Waals surface area contributed by atoms with Crippen LogP contribution in [0.3, 0.4) is 0 Å². The number of hydrogen-bond donors (Lipinski definition) is 0. The maximum Gasteiger partial charge on any atom is 0.341 e. The molecule has 206 valence electrons. The number of esters is 1. The van der Waals surface area contributed by atoms with Gasteiger partial charge in [0.25, 0.3) is 16.6 Å². The molecule has 0 fully saturated rings. The maximum absolute atomic E-state index is 13.2. The largest absolute Gasteiger partial charge is 0.542 e. The zero-order chi connectivity index (χ0) is 28.2. The minimum Gasteiger partial charge on any atom is -0.542 e. The van der Waals surface area contributed by atoms with Crippen LogP contribution in [0.1, 0.15) is 105 Å². The molecule has 0 saturated heterocycles. The van der Waals surface area contributed by atoms with Gasteiger partial charge in [-0.15, -0.1) is 0 Å². The molecular weight excluding hydrogens is 484 g/mol. The molecule has 7 heteroatoms. The molecule has 0 amide bonds. The number of benzene rings is 1. The molecule has 1 aromatic rings. The van der Waals surface area contributed by atoms with Crippen molar-refractivity contribution in [3.05, 3.63) is 22.8 Å². The Morgan fingerprint density at radius 3 is 1.42 bits per heavy atom. The van der Waals surface area contributed by atoms with Crippen LogP contribution in [0.5, 0.6) is 11.5 Å². The Hall–Kier alpha value is -1.61. The van der Waals surface area contributed by atoms with E-state index >= 15 is 0 Å². The Balaban J connectivity index is 4.11. The van der Waals surface area contributed by atoms with E-state index in [2.05, 4.69) is 83.1 Å². The minimum absolute atomic E-state index is 0.100. The van der Waals surface area contributed by atoms with Crippen LogP contribution in [-0.2, 0) is 16.0 Å². The molecule has 0 spiro atoms. The molecule has 5 nitrogen and oxygen atoms in total. The molecule has 0 N–H and O–H groups in total. The van der Waals surface area contributed by atoms with Crippen molar-refractivity contribution in [1.29, 1.82) is 0 Å². The van der Waals surface area contributed by atoms with E-state index in [1.807, 2.05) is 13.0 Å². The fourth-order valence-electron chi connectivity index (χ4n) is 6.72. The molecule has 0 radical (unpaired) electrons. The third-order valence-electron chi connectivity index (χ3n) is 8.30. The van der Waals surface area contributed by atoms with E-state index in [1.165, 1.54) is 7.11 Å². The molecule has 1 aromatic carbocycles. The lowest BCUT2D eigenvalue weighted by atomic mass is 9.97. The lowest BCUT2D eigenvalue weighted by Gasteiger charge is -2.44. The molecule has 1 rings (SSSR count). The average Bonchev–Trinajstić information content (AvgIpc) is 2.76. The molecular formula is C29H52O5Si2. The van der Waals surface area contributed by atoms with Crippen LogP contribution < -0.4 is 8.85 Å². The number of methoxy groups -OCH3 is 1. The summed E-state index contributed by atoms with van der Waals surface area (Å²) in [4.78, 5) is 25.0. The standard InChI is InChI=1S/C29H52O5Si2/c1-18(2)35(19(3)4,20(5)6)33-26-17-27(34-36(21(7)8,22(9)10)23(11)12)28(29(31)32-14)25(15-16-30)24(26)13/h16-23H,15H2,1-14H3. The summed E-state index contributed by atoms with van der Waals surface area (Å²) in [6.07, 6.45) is 0.946. The van der Waals surface area contributed by atoms with Crippen molar-refractivity contribution in [2.24, 2.45) is 0 Å². The second-order valence-electron chi connectivity index (χ2n) is 12.1. The van der Waals surface area contributed by atoms with Gasteiger partial charge in [0, 0.05) is 12.5 Å². The van der Waals surface area contributed by atoms with Gasteiger partial charge in [-0.05, 0) is 51.3 Å². The summed E-state index contributed by atoms with van der Waals surface area (Å²) >= 11 is 0. The van der Waals surface area contributed by atoms with Gasteiger partial charge in [0.05, 0.1) is 7.11 Å². The Labute approximate surface area is 222 Å². The summed E-state index contributed by atoms with van der Waals surface area (Å²) in [5.41, 5.74) is 3.92. The second kappa shape index (κ2) is 12.8. The van der Waals surface area contributed by atoms with Gasteiger partial charge in [-0.3, -0.25) is 0 Å². The highest BCUT2D eigenvalue weighted by Crippen LogP contribution is 2.48. The van der Waals surface area contributed by atoms with Gasteiger partial charge in [-0.25, -0.2) is 4.79 Å². The van der Waals surface area contributed by atoms with Crippen molar-refractivity contribution >= 4 is 28.9 Å². The van der Waals surface area contributed by atoms with E-state index in [4.69, 9.17) is 13.6 Å². The zero-order valence-corrected chi connectivity index (χ0v) is 27.4. The normalized spacial score (nSPS) is 12.9. The number of carbonyl (C=O) groups is 2.